The van der Waals surface area contributed by atoms with E-state index in [1.165, 1.54) is 12.1 Å². The fraction of sp³-hybridized carbons (Fsp3) is 0.400. The second-order valence-corrected chi connectivity index (χ2v) is 4.92. The molecule has 16 heavy (non-hydrogen) atoms. The summed E-state index contributed by atoms with van der Waals surface area (Å²) < 4.78 is 5.82. The van der Waals surface area contributed by atoms with E-state index in [0.717, 1.165) is 0 Å². The van der Waals surface area contributed by atoms with Gasteiger partial charge in [-0.25, -0.2) is 0 Å². The van der Waals surface area contributed by atoms with Crippen LogP contribution in [0.25, 0.3) is 0 Å². The van der Waals surface area contributed by atoms with E-state index in [2.05, 4.69) is 15.9 Å². The zero-order valence-electron chi connectivity index (χ0n) is 8.94. The molecule has 88 valence electrons. The molecule has 0 radical (unpaired) electrons. The summed E-state index contributed by atoms with van der Waals surface area (Å²) in [6.45, 7) is 3.26. The molecule has 0 aromatic heterocycles. The first-order chi connectivity index (χ1) is 7.28. The number of ether oxygens (including phenoxy) is 1. The Morgan fingerprint density at radius 1 is 1.50 bits per heavy atom. The van der Waals surface area contributed by atoms with Gasteiger partial charge in [-0.2, -0.15) is 0 Å². The standard InChI is InChI=1S/C10H12BrNO4/c1-10(2,13)6-16-9-4-7(11)3-8(5-9)12(14)15/h3-5,13H,6H2,1-2H3. The summed E-state index contributed by atoms with van der Waals surface area (Å²) in [4.78, 5) is 10.1. The summed E-state index contributed by atoms with van der Waals surface area (Å²) in [5, 5.41) is 20.0. The van der Waals surface area contributed by atoms with E-state index < -0.39 is 10.5 Å². The molecule has 0 heterocycles. The first-order valence-electron chi connectivity index (χ1n) is 4.58. The molecule has 0 spiro atoms. The van der Waals surface area contributed by atoms with E-state index in [1.54, 1.807) is 19.9 Å². The Hall–Kier alpha value is -1.14. The van der Waals surface area contributed by atoms with Gasteiger partial charge in [-0.05, 0) is 19.9 Å². The minimum atomic E-state index is -0.975. The van der Waals surface area contributed by atoms with Crippen LogP contribution in [0.4, 0.5) is 5.69 Å². The van der Waals surface area contributed by atoms with Gasteiger partial charge in [-0.15, -0.1) is 0 Å². The van der Waals surface area contributed by atoms with Crippen molar-refractivity contribution in [2.24, 2.45) is 0 Å². The minimum Gasteiger partial charge on any atom is -0.490 e. The molecule has 0 amide bonds. The van der Waals surface area contributed by atoms with E-state index in [4.69, 9.17) is 4.74 Å². The Balaban J connectivity index is 2.85. The van der Waals surface area contributed by atoms with Crippen LogP contribution in [0.15, 0.2) is 22.7 Å². The summed E-state index contributed by atoms with van der Waals surface area (Å²) in [6, 6.07) is 4.31. The summed E-state index contributed by atoms with van der Waals surface area (Å²) in [7, 11) is 0. The van der Waals surface area contributed by atoms with Crippen molar-refractivity contribution in [2.45, 2.75) is 19.4 Å². The number of non-ortho nitro benzene ring substituents is 1. The Morgan fingerprint density at radius 3 is 2.62 bits per heavy atom. The normalized spacial score (nSPS) is 11.2. The lowest BCUT2D eigenvalue weighted by molar-refractivity contribution is -0.385. The van der Waals surface area contributed by atoms with Crippen LogP contribution in [-0.2, 0) is 0 Å². The maximum absolute atomic E-state index is 10.6. The van der Waals surface area contributed by atoms with Gasteiger partial charge in [-0.1, -0.05) is 15.9 Å². The highest BCUT2D eigenvalue weighted by Crippen LogP contribution is 2.26. The van der Waals surface area contributed by atoms with Crippen LogP contribution >= 0.6 is 15.9 Å². The first kappa shape index (κ1) is 12.9. The van der Waals surface area contributed by atoms with Crippen LogP contribution in [0.3, 0.4) is 0 Å². The van der Waals surface area contributed by atoms with Gasteiger partial charge >= 0.3 is 0 Å². The fourth-order valence-corrected chi connectivity index (χ4v) is 1.46. The molecule has 5 nitrogen and oxygen atoms in total. The number of aliphatic hydroxyl groups is 1. The van der Waals surface area contributed by atoms with Crippen LogP contribution in [0.5, 0.6) is 5.75 Å². The lowest BCUT2D eigenvalue weighted by atomic mass is 10.2. The molecule has 1 aromatic rings. The van der Waals surface area contributed by atoms with Gasteiger partial charge in [0.2, 0.25) is 0 Å². The molecule has 0 aliphatic rings. The second kappa shape index (κ2) is 4.80. The highest BCUT2D eigenvalue weighted by molar-refractivity contribution is 9.10. The second-order valence-electron chi connectivity index (χ2n) is 4.00. The molecule has 1 aromatic carbocycles. The summed E-state index contributed by atoms with van der Waals surface area (Å²) in [5.41, 5.74) is -1.03. The van der Waals surface area contributed by atoms with E-state index in [9.17, 15) is 15.2 Å². The molecule has 0 aliphatic carbocycles. The van der Waals surface area contributed by atoms with Crippen LogP contribution in [0.1, 0.15) is 13.8 Å². The minimum absolute atomic E-state index is 0.0554. The molecule has 0 aliphatic heterocycles. The number of hydrogen-bond donors (Lipinski definition) is 1. The van der Waals surface area contributed by atoms with Gasteiger partial charge in [-0.3, -0.25) is 10.1 Å². The summed E-state index contributed by atoms with van der Waals surface area (Å²) >= 11 is 3.15. The number of halogens is 1. The lowest BCUT2D eigenvalue weighted by Crippen LogP contribution is -2.27. The van der Waals surface area contributed by atoms with Crippen LogP contribution < -0.4 is 4.74 Å². The zero-order chi connectivity index (χ0) is 12.3. The number of benzene rings is 1. The van der Waals surface area contributed by atoms with Gasteiger partial charge in [0.1, 0.15) is 12.4 Å². The van der Waals surface area contributed by atoms with Gasteiger partial charge in [0.15, 0.2) is 0 Å². The van der Waals surface area contributed by atoms with Crippen LogP contribution in [-0.4, -0.2) is 22.2 Å². The Morgan fingerprint density at radius 2 is 2.12 bits per heavy atom. The maximum atomic E-state index is 10.6. The first-order valence-corrected chi connectivity index (χ1v) is 5.37. The van der Waals surface area contributed by atoms with Crippen LogP contribution in [0, 0.1) is 10.1 Å². The zero-order valence-corrected chi connectivity index (χ0v) is 10.5. The Kier molecular flexibility index (Phi) is 3.88. The monoisotopic (exact) mass is 289 g/mol. The molecule has 1 N–H and O–H groups in total. The van der Waals surface area contributed by atoms with Crippen molar-refractivity contribution in [1.82, 2.24) is 0 Å². The third-order valence-corrected chi connectivity index (χ3v) is 2.12. The number of nitro groups is 1. The van der Waals surface area contributed by atoms with E-state index >= 15 is 0 Å². The summed E-state index contributed by atoms with van der Waals surface area (Å²) in [5.74, 6) is 0.350. The highest BCUT2D eigenvalue weighted by Gasteiger charge is 2.15. The molecule has 0 fully saturated rings. The predicted molar refractivity (Wildman–Crippen MR) is 62.6 cm³/mol. The van der Waals surface area contributed by atoms with E-state index in [-0.39, 0.29) is 12.3 Å². The Bertz CT molecular complexity index is 400. The number of nitro benzene ring substituents is 1. The van der Waals surface area contributed by atoms with Gasteiger partial charge < -0.3 is 9.84 Å². The molecule has 0 unspecified atom stereocenters. The summed E-state index contributed by atoms with van der Waals surface area (Å²) in [6.07, 6.45) is 0. The molecule has 0 saturated carbocycles. The van der Waals surface area contributed by atoms with Crippen molar-refractivity contribution in [3.05, 3.63) is 32.8 Å². The molecular weight excluding hydrogens is 278 g/mol. The predicted octanol–water partition coefficient (Wildman–Crippen LogP) is 2.51. The quantitative estimate of drug-likeness (QED) is 0.683. The van der Waals surface area contributed by atoms with Gasteiger partial charge in [0, 0.05) is 10.5 Å². The molecular formula is C10H12BrNO4. The van der Waals surface area contributed by atoms with Crippen LogP contribution in [0.2, 0.25) is 0 Å². The van der Waals surface area contributed by atoms with E-state index in [0.29, 0.717) is 10.2 Å². The third kappa shape index (κ3) is 4.16. The average Bonchev–Trinajstić information content (AvgIpc) is 2.13. The molecule has 6 heteroatoms. The molecule has 1 rings (SSSR count). The average molecular weight is 290 g/mol. The van der Waals surface area contributed by atoms with Crippen molar-refractivity contribution >= 4 is 21.6 Å². The number of rotatable bonds is 4. The molecule has 0 bridgehead atoms. The van der Waals surface area contributed by atoms with Crippen molar-refractivity contribution in [3.63, 3.8) is 0 Å². The van der Waals surface area contributed by atoms with Gasteiger partial charge in [0.05, 0.1) is 16.6 Å². The SMILES string of the molecule is CC(C)(O)COc1cc(Br)cc([N+](=O)[O-])c1. The largest absolute Gasteiger partial charge is 0.490 e. The van der Waals surface area contributed by atoms with Gasteiger partial charge in [0.25, 0.3) is 5.69 Å². The maximum Gasteiger partial charge on any atom is 0.274 e. The number of hydrogen-bond acceptors (Lipinski definition) is 4. The topological polar surface area (TPSA) is 72.6 Å². The fourth-order valence-electron chi connectivity index (χ4n) is 0.997. The number of nitrogens with zero attached hydrogens (tertiary/aromatic N) is 1. The van der Waals surface area contributed by atoms with Crippen molar-refractivity contribution in [2.75, 3.05) is 6.61 Å². The lowest BCUT2D eigenvalue weighted by Gasteiger charge is -2.17. The van der Waals surface area contributed by atoms with E-state index in [1.807, 2.05) is 0 Å². The molecule has 0 atom stereocenters. The Labute approximate surface area is 101 Å². The van der Waals surface area contributed by atoms with Crippen molar-refractivity contribution < 1.29 is 14.8 Å². The van der Waals surface area contributed by atoms with Crippen molar-refractivity contribution in [3.8, 4) is 5.75 Å². The van der Waals surface area contributed by atoms with Crippen molar-refractivity contribution in [1.29, 1.82) is 0 Å². The molecule has 0 saturated heterocycles. The third-order valence-electron chi connectivity index (χ3n) is 1.66. The smallest absolute Gasteiger partial charge is 0.274 e. The highest BCUT2D eigenvalue weighted by atomic mass is 79.9.